The molecule has 0 aliphatic rings. The number of nitrogens with zero attached hydrogens (tertiary/aromatic N) is 6. The molecule has 0 N–H and O–H groups in total. The zero-order chi connectivity index (χ0) is 19.7. The summed E-state index contributed by atoms with van der Waals surface area (Å²) in [5, 5.41) is 17.4. The molecular weight excluding hydrogens is 420 g/mol. The molecule has 0 aliphatic carbocycles. The topological polar surface area (TPSA) is 70.7 Å². The highest BCUT2D eigenvalue weighted by molar-refractivity contribution is 9.10. The van der Waals surface area contributed by atoms with E-state index in [-0.39, 0.29) is 0 Å². The molecule has 4 rings (SSSR count). The number of hydrogen-bond acceptors (Lipinski definition) is 5. The highest BCUT2D eigenvalue weighted by atomic mass is 79.9. The molecule has 0 bridgehead atoms. The van der Waals surface area contributed by atoms with Gasteiger partial charge in [0.2, 0.25) is 5.82 Å². The lowest BCUT2D eigenvalue weighted by molar-refractivity contribution is 0.414. The second-order valence-electron chi connectivity index (χ2n) is 6.54. The van der Waals surface area contributed by atoms with Gasteiger partial charge in [-0.25, -0.2) is 4.68 Å². The Morgan fingerprint density at radius 1 is 1.07 bits per heavy atom. The van der Waals surface area contributed by atoms with Crippen molar-refractivity contribution in [2.75, 3.05) is 7.11 Å². The van der Waals surface area contributed by atoms with Crippen molar-refractivity contribution < 1.29 is 4.74 Å². The first-order valence-electron chi connectivity index (χ1n) is 8.77. The quantitative estimate of drug-likeness (QED) is 0.471. The third kappa shape index (κ3) is 3.55. The molecule has 0 unspecified atom stereocenters. The van der Waals surface area contributed by atoms with Crippen LogP contribution in [0.2, 0.25) is 0 Å². The molecule has 2 aromatic heterocycles. The van der Waals surface area contributed by atoms with Gasteiger partial charge in [0, 0.05) is 0 Å². The molecule has 0 fully saturated rings. The highest BCUT2D eigenvalue weighted by Gasteiger charge is 2.17. The van der Waals surface area contributed by atoms with Crippen molar-refractivity contribution in [3.8, 4) is 22.8 Å². The Kier molecular flexibility index (Phi) is 4.95. The van der Waals surface area contributed by atoms with Crippen LogP contribution in [-0.2, 0) is 6.54 Å². The third-order valence-electron chi connectivity index (χ3n) is 4.47. The fourth-order valence-corrected chi connectivity index (χ4v) is 3.57. The first-order chi connectivity index (χ1) is 13.5. The van der Waals surface area contributed by atoms with Gasteiger partial charge in [0.25, 0.3) is 0 Å². The average Bonchev–Trinajstić information content (AvgIpc) is 3.29. The minimum Gasteiger partial charge on any atom is -0.497 e. The van der Waals surface area contributed by atoms with Gasteiger partial charge in [-0.2, -0.15) is 9.90 Å². The largest absolute Gasteiger partial charge is 0.497 e. The van der Waals surface area contributed by atoms with E-state index in [9.17, 15) is 0 Å². The van der Waals surface area contributed by atoms with Crippen LogP contribution in [0, 0.1) is 13.8 Å². The number of tetrazole rings is 1. The van der Waals surface area contributed by atoms with Crippen molar-refractivity contribution in [3.63, 3.8) is 0 Å². The van der Waals surface area contributed by atoms with E-state index in [1.54, 1.807) is 18.1 Å². The van der Waals surface area contributed by atoms with Gasteiger partial charge in [-0.1, -0.05) is 29.8 Å². The summed E-state index contributed by atoms with van der Waals surface area (Å²) in [5.74, 6) is 1.34. The number of ether oxygens (including phenoxy) is 1. The van der Waals surface area contributed by atoms with Crippen molar-refractivity contribution >= 4 is 15.9 Å². The molecule has 0 aliphatic heterocycles. The maximum atomic E-state index is 5.18. The zero-order valence-corrected chi connectivity index (χ0v) is 17.4. The van der Waals surface area contributed by atoms with E-state index in [0.29, 0.717) is 12.4 Å². The molecule has 8 heteroatoms. The first kappa shape index (κ1) is 18.4. The first-order valence-corrected chi connectivity index (χ1v) is 9.56. The Labute approximate surface area is 171 Å². The molecule has 7 nitrogen and oxygen atoms in total. The lowest BCUT2D eigenvalue weighted by Gasteiger charge is -2.08. The molecule has 0 saturated carbocycles. The van der Waals surface area contributed by atoms with Crippen LogP contribution in [0.5, 0.6) is 5.75 Å². The second kappa shape index (κ2) is 7.55. The van der Waals surface area contributed by atoms with Gasteiger partial charge in [-0.15, -0.1) is 10.2 Å². The number of halogens is 1. The SMILES string of the molecule is COc1ccc(Cn2nnc(-c3cnn(-c4ccc(C)cc4C)c3Br)n2)cc1. The van der Waals surface area contributed by atoms with Crippen molar-refractivity contribution in [3.05, 3.63) is 70.0 Å². The van der Waals surface area contributed by atoms with Gasteiger partial charge in [-0.05, 0) is 64.3 Å². The Morgan fingerprint density at radius 2 is 1.86 bits per heavy atom. The molecule has 0 radical (unpaired) electrons. The molecule has 0 atom stereocenters. The monoisotopic (exact) mass is 438 g/mol. The molecule has 0 spiro atoms. The number of rotatable bonds is 5. The van der Waals surface area contributed by atoms with Gasteiger partial charge in [0.05, 0.1) is 31.1 Å². The number of methoxy groups -OCH3 is 1. The standard InChI is InChI=1S/C20H19BrN6O/c1-13-4-9-18(14(2)10-13)27-19(21)17(11-22-27)20-23-25-26(24-20)12-15-5-7-16(28-3)8-6-15/h4-11H,12H2,1-3H3. The van der Waals surface area contributed by atoms with E-state index in [0.717, 1.165) is 32.7 Å². The van der Waals surface area contributed by atoms with Crippen molar-refractivity contribution in [2.45, 2.75) is 20.4 Å². The molecule has 4 aromatic rings. The summed E-state index contributed by atoms with van der Waals surface area (Å²) in [6, 6.07) is 14.0. The molecule has 28 heavy (non-hydrogen) atoms. The fourth-order valence-electron chi connectivity index (χ4n) is 3.01. The van der Waals surface area contributed by atoms with Gasteiger partial charge >= 0.3 is 0 Å². The number of aromatic nitrogens is 6. The minimum absolute atomic E-state index is 0.524. The molecule has 0 amide bonds. The summed E-state index contributed by atoms with van der Waals surface area (Å²) in [6.07, 6.45) is 1.75. The van der Waals surface area contributed by atoms with E-state index < -0.39 is 0 Å². The predicted octanol–water partition coefficient (Wildman–Crippen LogP) is 3.96. The predicted molar refractivity (Wildman–Crippen MR) is 110 cm³/mol. The lowest BCUT2D eigenvalue weighted by atomic mass is 10.1. The molecule has 142 valence electrons. The molecule has 2 aromatic carbocycles. The zero-order valence-electron chi connectivity index (χ0n) is 15.8. The second-order valence-corrected chi connectivity index (χ2v) is 7.29. The summed E-state index contributed by atoms with van der Waals surface area (Å²) in [7, 11) is 1.65. The number of aryl methyl sites for hydroxylation is 2. The third-order valence-corrected chi connectivity index (χ3v) is 5.23. The van der Waals surface area contributed by atoms with Crippen LogP contribution in [0.15, 0.2) is 53.3 Å². The average molecular weight is 439 g/mol. The molecule has 0 saturated heterocycles. The number of benzene rings is 2. The van der Waals surface area contributed by atoms with Gasteiger partial charge < -0.3 is 4.74 Å². The highest BCUT2D eigenvalue weighted by Crippen LogP contribution is 2.28. The number of hydrogen-bond donors (Lipinski definition) is 0. The normalized spacial score (nSPS) is 11.0. The fraction of sp³-hybridized carbons (Fsp3) is 0.200. The van der Waals surface area contributed by atoms with Crippen LogP contribution in [-0.4, -0.2) is 37.1 Å². The maximum absolute atomic E-state index is 5.18. The summed E-state index contributed by atoms with van der Waals surface area (Å²) >= 11 is 3.64. The van der Waals surface area contributed by atoms with E-state index in [2.05, 4.69) is 68.5 Å². The van der Waals surface area contributed by atoms with Crippen molar-refractivity contribution in [2.24, 2.45) is 0 Å². The molecular formula is C20H19BrN6O. The maximum Gasteiger partial charge on any atom is 0.209 e. The van der Waals surface area contributed by atoms with E-state index in [4.69, 9.17) is 4.74 Å². The van der Waals surface area contributed by atoms with Crippen LogP contribution in [0.25, 0.3) is 17.1 Å². The van der Waals surface area contributed by atoms with Crippen LogP contribution in [0.1, 0.15) is 16.7 Å². The Balaban J connectivity index is 1.59. The van der Waals surface area contributed by atoms with Gasteiger partial charge in [0.15, 0.2) is 0 Å². The molecule has 2 heterocycles. The van der Waals surface area contributed by atoms with E-state index >= 15 is 0 Å². The van der Waals surface area contributed by atoms with E-state index in [1.807, 2.05) is 28.9 Å². The van der Waals surface area contributed by atoms with Crippen molar-refractivity contribution in [1.82, 2.24) is 30.0 Å². The van der Waals surface area contributed by atoms with Gasteiger partial charge in [0.1, 0.15) is 10.4 Å². The summed E-state index contributed by atoms with van der Waals surface area (Å²) < 4.78 is 7.82. The summed E-state index contributed by atoms with van der Waals surface area (Å²) in [4.78, 5) is 1.57. The van der Waals surface area contributed by atoms with E-state index in [1.165, 1.54) is 5.56 Å². The smallest absolute Gasteiger partial charge is 0.209 e. The minimum atomic E-state index is 0.524. The summed E-state index contributed by atoms with van der Waals surface area (Å²) in [5.41, 5.74) is 5.23. The Morgan fingerprint density at radius 3 is 2.57 bits per heavy atom. The van der Waals surface area contributed by atoms with Crippen molar-refractivity contribution in [1.29, 1.82) is 0 Å². The van der Waals surface area contributed by atoms with Gasteiger partial charge in [-0.3, -0.25) is 0 Å². The Bertz CT molecular complexity index is 1120. The van der Waals surface area contributed by atoms with Crippen LogP contribution >= 0.6 is 15.9 Å². The lowest BCUT2D eigenvalue weighted by Crippen LogP contribution is -2.04. The Hall–Kier alpha value is -3.00. The van der Waals surface area contributed by atoms with Crippen LogP contribution in [0.3, 0.4) is 0 Å². The summed E-state index contributed by atoms with van der Waals surface area (Å²) in [6.45, 7) is 4.67. The van der Waals surface area contributed by atoms with Crippen LogP contribution in [0.4, 0.5) is 0 Å². The van der Waals surface area contributed by atoms with Crippen LogP contribution < -0.4 is 4.74 Å².